The first-order chi connectivity index (χ1) is 6.16. The van der Waals surface area contributed by atoms with E-state index in [0.29, 0.717) is 6.61 Å². The maximum atomic E-state index is 10.7. The van der Waals surface area contributed by atoms with Crippen LogP contribution >= 0.6 is 25.0 Å². The first-order valence-corrected chi connectivity index (χ1v) is 5.56. The summed E-state index contributed by atoms with van der Waals surface area (Å²) in [6.07, 6.45) is 4.63. The van der Waals surface area contributed by atoms with Gasteiger partial charge in [0.1, 0.15) is 0 Å². The Labute approximate surface area is 98.6 Å². The Hall–Kier alpha value is 0.110. The molecule has 2 nitrogen and oxygen atoms in total. The predicted octanol–water partition coefficient (Wildman–Crippen LogP) is 3.10. The van der Waals surface area contributed by atoms with E-state index in [1.165, 1.54) is 12.8 Å². The van der Waals surface area contributed by atoms with Crippen LogP contribution in [0.3, 0.4) is 0 Å². The molecular formula is C10H21ClO2S. The van der Waals surface area contributed by atoms with E-state index < -0.39 is 0 Å². The summed E-state index contributed by atoms with van der Waals surface area (Å²) in [6.45, 7) is 5.00. The number of ether oxygens (including phenoxy) is 1. The third-order valence-corrected chi connectivity index (χ3v) is 2.08. The molecule has 0 amide bonds. The summed E-state index contributed by atoms with van der Waals surface area (Å²) in [6, 6.07) is 0. The number of halogens is 1. The molecule has 0 saturated carbocycles. The van der Waals surface area contributed by atoms with Crippen LogP contribution in [-0.4, -0.2) is 18.3 Å². The van der Waals surface area contributed by atoms with Crippen molar-refractivity contribution in [2.24, 2.45) is 5.92 Å². The molecule has 4 heteroatoms. The Kier molecular flexibility index (Phi) is 13.2. The molecule has 86 valence electrons. The Morgan fingerprint density at radius 3 is 2.43 bits per heavy atom. The van der Waals surface area contributed by atoms with E-state index in [1.54, 1.807) is 0 Å². The van der Waals surface area contributed by atoms with Crippen LogP contribution in [0.4, 0.5) is 0 Å². The van der Waals surface area contributed by atoms with Gasteiger partial charge in [-0.3, -0.25) is 4.79 Å². The summed E-state index contributed by atoms with van der Waals surface area (Å²) >= 11 is 3.81. The van der Waals surface area contributed by atoms with Crippen molar-refractivity contribution < 1.29 is 9.53 Å². The first kappa shape index (κ1) is 16.5. The molecule has 0 bridgehead atoms. The molecule has 14 heavy (non-hydrogen) atoms. The van der Waals surface area contributed by atoms with Gasteiger partial charge in [0.2, 0.25) is 0 Å². The summed E-state index contributed by atoms with van der Waals surface area (Å²) in [5, 5.41) is 0. The highest BCUT2D eigenvalue weighted by Crippen LogP contribution is 2.07. The van der Waals surface area contributed by atoms with Gasteiger partial charge in [-0.05, 0) is 12.3 Å². The highest BCUT2D eigenvalue weighted by Gasteiger charge is 1.98. The van der Waals surface area contributed by atoms with E-state index >= 15 is 0 Å². The molecule has 0 atom stereocenters. The lowest BCUT2D eigenvalue weighted by atomic mass is 10.1. The molecule has 0 unspecified atom stereocenters. The zero-order valence-corrected chi connectivity index (χ0v) is 10.7. The normalized spacial score (nSPS) is 9.71. The van der Waals surface area contributed by atoms with Crippen LogP contribution in [0.1, 0.15) is 39.5 Å². The molecule has 0 rings (SSSR count). The minimum absolute atomic E-state index is 0. The van der Waals surface area contributed by atoms with Crippen LogP contribution in [-0.2, 0) is 9.53 Å². The lowest BCUT2D eigenvalue weighted by Gasteiger charge is -2.04. The molecule has 0 aromatic carbocycles. The molecule has 0 spiro atoms. The summed E-state index contributed by atoms with van der Waals surface area (Å²) in [4.78, 5) is 10.7. The van der Waals surface area contributed by atoms with E-state index in [4.69, 9.17) is 4.74 Å². The topological polar surface area (TPSA) is 26.3 Å². The number of carbonyl (C=O) groups is 1. The van der Waals surface area contributed by atoms with Gasteiger partial charge >= 0.3 is 5.97 Å². The zero-order valence-electron chi connectivity index (χ0n) is 8.99. The van der Waals surface area contributed by atoms with Crippen molar-refractivity contribution in [3.63, 3.8) is 0 Å². The molecule has 0 aliphatic rings. The van der Waals surface area contributed by atoms with E-state index in [-0.39, 0.29) is 24.1 Å². The average molecular weight is 241 g/mol. The number of unbranched alkanes of at least 4 members (excludes halogenated alkanes) is 2. The Bertz CT molecular complexity index is 140. The van der Waals surface area contributed by atoms with Crippen LogP contribution < -0.4 is 0 Å². The molecule has 0 saturated heterocycles. The lowest BCUT2D eigenvalue weighted by molar-refractivity contribution is -0.140. The van der Waals surface area contributed by atoms with Gasteiger partial charge < -0.3 is 4.74 Å². The van der Waals surface area contributed by atoms with Gasteiger partial charge in [-0.2, -0.15) is 12.6 Å². The fourth-order valence-electron chi connectivity index (χ4n) is 1.06. The fraction of sp³-hybridized carbons (Fsp3) is 0.900. The van der Waals surface area contributed by atoms with E-state index in [9.17, 15) is 4.79 Å². The smallest absolute Gasteiger partial charge is 0.315 e. The maximum Gasteiger partial charge on any atom is 0.315 e. The third kappa shape index (κ3) is 12.1. The fourth-order valence-corrected chi connectivity index (χ4v) is 1.15. The van der Waals surface area contributed by atoms with Crippen molar-refractivity contribution in [1.82, 2.24) is 0 Å². The van der Waals surface area contributed by atoms with Gasteiger partial charge in [0.25, 0.3) is 0 Å². The van der Waals surface area contributed by atoms with E-state index in [2.05, 4.69) is 26.5 Å². The average Bonchev–Trinajstić information content (AvgIpc) is 2.10. The molecule has 0 aromatic heterocycles. The summed E-state index contributed by atoms with van der Waals surface area (Å²) in [5.41, 5.74) is 0. The summed E-state index contributed by atoms with van der Waals surface area (Å²) < 4.78 is 4.88. The van der Waals surface area contributed by atoms with Gasteiger partial charge in [0.05, 0.1) is 12.4 Å². The van der Waals surface area contributed by atoms with Crippen molar-refractivity contribution in [2.75, 3.05) is 12.4 Å². The van der Waals surface area contributed by atoms with Crippen LogP contribution in [0.15, 0.2) is 0 Å². The van der Waals surface area contributed by atoms with Crippen molar-refractivity contribution in [3.05, 3.63) is 0 Å². The lowest BCUT2D eigenvalue weighted by Crippen LogP contribution is -2.06. The van der Waals surface area contributed by atoms with Crippen LogP contribution in [0.5, 0.6) is 0 Å². The van der Waals surface area contributed by atoms with Gasteiger partial charge in [0, 0.05) is 0 Å². The van der Waals surface area contributed by atoms with Crippen molar-refractivity contribution in [1.29, 1.82) is 0 Å². The molecule has 0 heterocycles. The molecule has 0 aromatic rings. The SMILES string of the molecule is CC(C)CCCCCOC(=O)CS.Cl. The largest absolute Gasteiger partial charge is 0.465 e. The minimum atomic E-state index is -0.216. The second-order valence-electron chi connectivity index (χ2n) is 3.62. The summed E-state index contributed by atoms with van der Waals surface area (Å²) in [7, 11) is 0. The van der Waals surface area contributed by atoms with Crippen molar-refractivity contribution in [2.45, 2.75) is 39.5 Å². The zero-order chi connectivity index (χ0) is 10.1. The van der Waals surface area contributed by atoms with Crippen LogP contribution in [0, 0.1) is 5.92 Å². The van der Waals surface area contributed by atoms with Crippen LogP contribution in [0.25, 0.3) is 0 Å². The van der Waals surface area contributed by atoms with Crippen molar-refractivity contribution in [3.8, 4) is 0 Å². The van der Waals surface area contributed by atoms with Gasteiger partial charge in [0.15, 0.2) is 0 Å². The number of hydrogen-bond acceptors (Lipinski definition) is 3. The second kappa shape index (κ2) is 11.2. The highest BCUT2D eigenvalue weighted by atomic mass is 35.5. The first-order valence-electron chi connectivity index (χ1n) is 4.93. The number of hydrogen-bond donors (Lipinski definition) is 1. The predicted molar refractivity (Wildman–Crippen MR) is 65.4 cm³/mol. The standard InChI is InChI=1S/C10H20O2S.ClH/c1-9(2)6-4-3-5-7-12-10(11)8-13;/h9,13H,3-8H2,1-2H3;1H. The monoisotopic (exact) mass is 240 g/mol. The van der Waals surface area contributed by atoms with Gasteiger partial charge in [-0.1, -0.05) is 33.1 Å². The molecule has 0 radical (unpaired) electrons. The quantitative estimate of drug-likeness (QED) is 0.421. The number of esters is 1. The number of thiol groups is 1. The highest BCUT2D eigenvalue weighted by molar-refractivity contribution is 7.81. The van der Waals surface area contributed by atoms with E-state index in [1.807, 2.05) is 0 Å². The van der Waals surface area contributed by atoms with Gasteiger partial charge in [-0.15, -0.1) is 12.4 Å². The molecule has 0 aliphatic carbocycles. The molecular weight excluding hydrogens is 220 g/mol. The summed E-state index contributed by atoms with van der Waals surface area (Å²) in [5.74, 6) is 0.749. The maximum absolute atomic E-state index is 10.7. The molecule has 0 N–H and O–H groups in total. The Morgan fingerprint density at radius 1 is 1.29 bits per heavy atom. The Morgan fingerprint density at radius 2 is 1.93 bits per heavy atom. The van der Waals surface area contributed by atoms with E-state index in [0.717, 1.165) is 18.8 Å². The molecule has 0 fully saturated rings. The minimum Gasteiger partial charge on any atom is -0.465 e. The van der Waals surface area contributed by atoms with Gasteiger partial charge in [-0.25, -0.2) is 0 Å². The third-order valence-electron chi connectivity index (χ3n) is 1.82. The number of rotatable bonds is 7. The molecule has 0 aliphatic heterocycles. The van der Waals surface area contributed by atoms with Crippen molar-refractivity contribution >= 4 is 31.0 Å². The van der Waals surface area contributed by atoms with Crippen LogP contribution in [0.2, 0.25) is 0 Å². The number of carbonyl (C=O) groups excluding carboxylic acids is 1. The Balaban J connectivity index is 0. The second-order valence-corrected chi connectivity index (χ2v) is 3.94.